The number of hydrogen-bond donors (Lipinski definition) is 2. The van der Waals surface area contributed by atoms with Gasteiger partial charge in [-0.2, -0.15) is 9.47 Å². The Morgan fingerprint density at radius 3 is 3.17 bits per heavy atom. The molecule has 64 valence electrons. The molecule has 1 heterocycles. The van der Waals surface area contributed by atoms with Gasteiger partial charge in [-0.15, -0.1) is 0 Å². The van der Waals surface area contributed by atoms with Crippen LogP contribution in [0.1, 0.15) is 11.3 Å². The van der Waals surface area contributed by atoms with Gasteiger partial charge in [0.05, 0.1) is 11.9 Å². The molecular weight excluding hydrogens is 192 g/mol. The third kappa shape index (κ3) is 2.55. The summed E-state index contributed by atoms with van der Waals surface area (Å²) in [6.45, 7) is 1.92. The number of nitrogens with two attached hydrogens (primary N) is 1. The van der Waals surface area contributed by atoms with Gasteiger partial charge in [-0.05, 0) is 30.7 Å². The lowest BCUT2D eigenvalue weighted by Crippen LogP contribution is -2.23. The quantitative estimate of drug-likeness (QED) is 0.417. The zero-order valence-electron chi connectivity index (χ0n) is 6.44. The molecule has 12 heavy (non-hydrogen) atoms. The summed E-state index contributed by atoms with van der Waals surface area (Å²) in [5, 5.41) is 5.86. The van der Waals surface area contributed by atoms with Crippen molar-refractivity contribution in [1.82, 2.24) is 9.80 Å². The first-order valence-electron chi connectivity index (χ1n) is 3.19. The van der Waals surface area contributed by atoms with E-state index in [1.54, 1.807) is 6.21 Å². The zero-order valence-corrected chi connectivity index (χ0v) is 8.08. The Hall–Kier alpha value is -1.01. The van der Waals surface area contributed by atoms with E-state index in [0.29, 0.717) is 0 Å². The topological polar surface area (TPSA) is 63.3 Å². The van der Waals surface area contributed by atoms with Crippen LogP contribution >= 0.6 is 23.8 Å². The van der Waals surface area contributed by atoms with Gasteiger partial charge in [0.15, 0.2) is 5.11 Å². The van der Waals surface area contributed by atoms with Crippen LogP contribution in [-0.2, 0) is 0 Å². The molecule has 0 aliphatic rings. The summed E-state index contributed by atoms with van der Waals surface area (Å²) >= 11 is 5.96. The first-order chi connectivity index (χ1) is 5.70. The van der Waals surface area contributed by atoms with Crippen molar-refractivity contribution < 1.29 is 0 Å². The molecule has 0 spiro atoms. The maximum Gasteiger partial charge on any atom is 0.184 e. The third-order valence-corrected chi connectivity index (χ3v) is 2.00. The highest BCUT2D eigenvalue weighted by molar-refractivity contribution is 7.80. The Kier molecular flexibility index (Phi) is 3.12. The molecule has 0 aliphatic heterocycles. The number of nitrogens with zero attached hydrogens (tertiary/aromatic N) is 2. The van der Waals surface area contributed by atoms with E-state index in [1.807, 2.05) is 12.3 Å². The number of hydrazone groups is 1. The fourth-order valence-electron chi connectivity index (χ4n) is 0.589. The average molecular weight is 200 g/mol. The molecule has 0 aromatic carbocycles. The van der Waals surface area contributed by atoms with E-state index in [9.17, 15) is 0 Å². The number of hydrogen-bond acceptors (Lipinski definition) is 4. The molecule has 4 nitrogen and oxygen atoms in total. The maximum atomic E-state index is 5.16. The standard InChI is InChI=1S/C6H8N4S2/c1-4-5(3-12-10-4)2-8-9-6(7)11/h2-3H,1H3,(H3,7,9,11). The monoisotopic (exact) mass is 200 g/mol. The first-order valence-corrected chi connectivity index (χ1v) is 4.44. The van der Waals surface area contributed by atoms with Crippen molar-refractivity contribution >= 4 is 35.1 Å². The highest BCUT2D eigenvalue weighted by Gasteiger charge is 1.95. The fourth-order valence-corrected chi connectivity index (χ4v) is 1.30. The minimum Gasteiger partial charge on any atom is -0.375 e. The first kappa shape index (κ1) is 9.08. The molecule has 1 aromatic rings. The molecule has 6 heteroatoms. The van der Waals surface area contributed by atoms with Crippen LogP contribution in [-0.4, -0.2) is 15.7 Å². The van der Waals surface area contributed by atoms with Gasteiger partial charge in [-0.3, -0.25) is 5.43 Å². The van der Waals surface area contributed by atoms with Gasteiger partial charge < -0.3 is 5.73 Å². The van der Waals surface area contributed by atoms with Crippen molar-refractivity contribution in [1.29, 1.82) is 0 Å². The second-order valence-corrected chi connectivity index (χ2v) is 3.16. The van der Waals surface area contributed by atoms with Crippen LogP contribution in [0.25, 0.3) is 0 Å². The smallest absolute Gasteiger partial charge is 0.184 e. The Labute approximate surface area is 79.6 Å². The van der Waals surface area contributed by atoms with Crippen molar-refractivity contribution in [3.05, 3.63) is 16.6 Å². The van der Waals surface area contributed by atoms with Crippen LogP contribution in [0, 0.1) is 6.92 Å². The van der Waals surface area contributed by atoms with E-state index >= 15 is 0 Å². The van der Waals surface area contributed by atoms with Gasteiger partial charge in [-0.1, -0.05) is 0 Å². The summed E-state index contributed by atoms with van der Waals surface area (Å²) in [4.78, 5) is 0. The molecule has 0 aliphatic carbocycles. The summed E-state index contributed by atoms with van der Waals surface area (Å²) in [5.41, 5.74) is 9.56. The van der Waals surface area contributed by atoms with Crippen LogP contribution in [0.4, 0.5) is 0 Å². The van der Waals surface area contributed by atoms with Crippen LogP contribution in [0.5, 0.6) is 0 Å². The van der Waals surface area contributed by atoms with E-state index in [4.69, 9.17) is 5.73 Å². The van der Waals surface area contributed by atoms with Gasteiger partial charge in [0, 0.05) is 10.9 Å². The lowest BCUT2D eigenvalue weighted by atomic mass is 10.3. The second kappa shape index (κ2) is 4.13. The summed E-state index contributed by atoms with van der Waals surface area (Å²) in [7, 11) is 0. The van der Waals surface area contributed by atoms with Crippen molar-refractivity contribution in [3.8, 4) is 0 Å². The minimum absolute atomic E-state index is 0.159. The number of rotatable bonds is 2. The van der Waals surface area contributed by atoms with E-state index in [1.165, 1.54) is 11.5 Å². The molecule has 0 saturated carbocycles. The van der Waals surface area contributed by atoms with Crippen LogP contribution < -0.4 is 11.2 Å². The summed E-state index contributed by atoms with van der Waals surface area (Å²) < 4.78 is 4.07. The maximum absolute atomic E-state index is 5.16. The SMILES string of the molecule is Cc1nscc1C=NNC(N)=S. The molecule has 0 amide bonds. The lowest BCUT2D eigenvalue weighted by Gasteiger charge is -1.92. The fraction of sp³-hybridized carbons (Fsp3) is 0.167. The number of aromatic nitrogens is 1. The second-order valence-electron chi connectivity index (χ2n) is 2.09. The number of aryl methyl sites for hydroxylation is 1. The van der Waals surface area contributed by atoms with Crippen LogP contribution in [0.3, 0.4) is 0 Å². The molecular formula is C6H8N4S2. The van der Waals surface area contributed by atoms with Gasteiger partial charge in [0.2, 0.25) is 0 Å². The van der Waals surface area contributed by atoms with Gasteiger partial charge in [-0.25, -0.2) is 0 Å². The van der Waals surface area contributed by atoms with Crippen LogP contribution in [0.2, 0.25) is 0 Å². The van der Waals surface area contributed by atoms with Gasteiger partial charge in [0.1, 0.15) is 0 Å². The molecule has 0 atom stereocenters. The Morgan fingerprint density at radius 1 is 1.92 bits per heavy atom. The molecule has 0 bridgehead atoms. The Morgan fingerprint density at radius 2 is 2.67 bits per heavy atom. The van der Waals surface area contributed by atoms with Crippen LogP contribution in [0.15, 0.2) is 10.5 Å². The molecule has 0 fully saturated rings. The molecule has 0 saturated heterocycles. The highest BCUT2D eigenvalue weighted by atomic mass is 32.1. The Bertz CT molecular complexity index is 304. The predicted octanol–water partition coefficient (Wildman–Crippen LogP) is 0.619. The number of nitrogens with one attached hydrogen (secondary N) is 1. The van der Waals surface area contributed by atoms with E-state index in [-0.39, 0.29) is 5.11 Å². The van der Waals surface area contributed by atoms with Gasteiger partial charge >= 0.3 is 0 Å². The zero-order chi connectivity index (χ0) is 8.97. The summed E-state index contributed by atoms with van der Waals surface area (Å²) in [6.07, 6.45) is 1.64. The average Bonchev–Trinajstić information content (AvgIpc) is 2.36. The van der Waals surface area contributed by atoms with Crippen molar-refractivity contribution in [2.45, 2.75) is 6.92 Å². The third-order valence-electron chi connectivity index (χ3n) is 1.17. The molecule has 1 aromatic heterocycles. The van der Waals surface area contributed by atoms with E-state index in [0.717, 1.165) is 11.3 Å². The van der Waals surface area contributed by atoms with Crippen molar-refractivity contribution in [3.63, 3.8) is 0 Å². The van der Waals surface area contributed by atoms with E-state index in [2.05, 4.69) is 27.1 Å². The summed E-state index contributed by atoms with van der Waals surface area (Å²) in [6, 6.07) is 0. The highest BCUT2D eigenvalue weighted by Crippen LogP contribution is 2.05. The van der Waals surface area contributed by atoms with E-state index < -0.39 is 0 Å². The van der Waals surface area contributed by atoms with Crippen molar-refractivity contribution in [2.24, 2.45) is 10.8 Å². The minimum atomic E-state index is 0.159. The van der Waals surface area contributed by atoms with Crippen molar-refractivity contribution in [2.75, 3.05) is 0 Å². The largest absolute Gasteiger partial charge is 0.375 e. The van der Waals surface area contributed by atoms with Gasteiger partial charge in [0.25, 0.3) is 0 Å². The Balaban J connectivity index is 2.57. The predicted molar refractivity (Wildman–Crippen MR) is 54.4 cm³/mol. The number of thiocarbonyl (C=S) groups is 1. The molecule has 0 unspecified atom stereocenters. The molecule has 1 rings (SSSR count). The lowest BCUT2D eigenvalue weighted by molar-refractivity contribution is 1.04. The summed E-state index contributed by atoms with van der Waals surface area (Å²) in [5.74, 6) is 0. The molecule has 0 radical (unpaired) electrons. The normalized spacial score (nSPS) is 10.4. The molecule has 3 N–H and O–H groups in total.